The zero-order valence-corrected chi connectivity index (χ0v) is 12.6. The molecule has 1 aromatic carbocycles. The summed E-state index contributed by atoms with van der Waals surface area (Å²) in [6.07, 6.45) is 2.70. The minimum atomic E-state index is 0.538. The average molecular weight is 286 g/mol. The van der Waals surface area contributed by atoms with Gasteiger partial charge in [-0.3, -0.25) is 0 Å². The largest absolute Gasteiger partial charge is 0.369 e. The molecule has 2 N–H and O–H groups in total. The Balaban J connectivity index is 1.80. The van der Waals surface area contributed by atoms with Crippen LogP contribution in [0.5, 0.6) is 0 Å². The molecule has 0 bridgehead atoms. The molecule has 0 atom stereocenters. The molecule has 0 unspecified atom stereocenters. The Kier molecular flexibility index (Phi) is 5.90. The molecule has 1 aromatic heterocycles. The molecule has 0 saturated carbocycles. The molecule has 0 amide bonds. The molecular formula is C15H22N6. The Labute approximate surface area is 125 Å². The van der Waals surface area contributed by atoms with Gasteiger partial charge < -0.3 is 15.5 Å². The minimum absolute atomic E-state index is 0.538. The third-order valence-electron chi connectivity index (χ3n) is 2.94. The maximum atomic E-state index is 4.40. The second-order valence-corrected chi connectivity index (χ2v) is 5.09. The fourth-order valence-electron chi connectivity index (χ4n) is 1.85. The number of hydrogen-bond donors (Lipinski definition) is 2. The van der Waals surface area contributed by atoms with Gasteiger partial charge in [0.25, 0.3) is 0 Å². The van der Waals surface area contributed by atoms with Gasteiger partial charge in [-0.15, -0.1) is 5.10 Å². The molecule has 0 aliphatic rings. The lowest BCUT2D eigenvalue weighted by atomic mass is 10.2. The number of anilines is 2. The summed E-state index contributed by atoms with van der Waals surface area (Å²) in [5.41, 5.74) is 1.19. The van der Waals surface area contributed by atoms with Gasteiger partial charge in [0.1, 0.15) is 0 Å². The Hall–Kier alpha value is -2.21. The summed E-state index contributed by atoms with van der Waals surface area (Å²) < 4.78 is 0. The highest BCUT2D eigenvalue weighted by Crippen LogP contribution is 2.06. The van der Waals surface area contributed by atoms with Crippen molar-refractivity contribution in [1.29, 1.82) is 0 Å². The quantitative estimate of drug-likeness (QED) is 0.722. The van der Waals surface area contributed by atoms with Crippen molar-refractivity contribution < 1.29 is 0 Å². The number of benzene rings is 1. The Morgan fingerprint density at radius 1 is 1.10 bits per heavy atom. The lowest BCUT2D eigenvalue weighted by Crippen LogP contribution is -2.17. The third kappa shape index (κ3) is 5.74. The van der Waals surface area contributed by atoms with Crippen LogP contribution in [0.15, 0.2) is 36.5 Å². The first-order valence-corrected chi connectivity index (χ1v) is 7.10. The summed E-state index contributed by atoms with van der Waals surface area (Å²) in [4.78, 5) is 6.55. The summed E-state index contributed by atoms with van der Waals surface area (Å²) in [5.74, 6) is 1.29. The second-order valence-electron chi connectivity index (χ2n) is 5.09. The Morgan fingerprint density at radius 2 is 1.90 bits per heavy atom. The lowest BCUT2D eigenvalue weighted by Gasteiger charge is -2.10. The summed E-state index contributed by atoms with van der Waals surface area (Å²) >= 11 is 0. The first kappa shape index (κ1) is 15.2. The molecule has 6 heteroatoms. The first-order valence-electron chi connectivity index (χ1n) is 7.10. The molecule has 0 saturated heterocycles. The van der Waals surface area contributed by atoms with Gasteiger partial charge in [-0.05, 0) is 32.6 Å². The standard InChI is InChI=1S/C15H22N6/c1-21(2)10-6-9-16-14-12-18-20-15(19-14)17-11-13-7-4-3-5-8-13/h3-5,7-8,12H,6,9-11H2,1-2H3,(H2,16,17,19,20). The predicted octanol–water partition coefficient (Wildman–Crippen LogP) is 1.85. The van der Waals surface area contributed by atoms with E-state index in [0.29, 0.717) is 12.5 Å². The van der Waals surface area contributed by atoms with E-state index in [-0.39, 0.29) is 0 Å². The highest BCUT2D eigenvalue weighted by molar-refractivity contribution is 5.37. The van der Waals surface area contributed by atoms with Gasteiger partial charge in [0, 0.05) is 13.1 Å². The van der Waals surface area contributed by atoms with E-state index in [4.69, 9.17) is 0 Å². The maximum Gasteiger partial charge on any atom is 0.244 e. The summed E-state index contributed by atoms with van der Waals surface area (Å²) in [6, 6.07) is 10.1. The molecular weight excluding hydrogens is 264 g/mol. The maximum absolute atomic E-state index is 4.40. The van der Waals surface area contributed by atoms with Crippen molar-refractivity contribution in [1.82, 2.24) is 20.1 Å². The number of aromatic nitrogens is 3. The van der Waals surface area contributed by atoms with Crippen LogP contribution in [0.4, 0.5) is 11.8 Å². The van der Waals surface area contributed by atoms with Crippen LogP contribution in [0.3, 0.4) is 0 Å². The van der Waals surface area contributed by atoms with Gasteiger partial charge in [0.15, 0.2) is 5.82 Å². The van der Waals surface area contributed by atoms with Crippen molar-refractivity contribution in [2.24, 2.45) is 0 Å². The Morgan fingerprint density at radius 3 is 2.67 bits per heavy atom. The van der Waals surface area contributed by atoms with Crippen LogP contribution in [-0.4, -0.2) is 47.3 Å². The fraction of sp³-hybridized carbons (Fsp3) is 0.400. The van der Waals surface area contributed by atoms with Gasteiger partial charge in [-0.2, -0.15) is 10.1 Å². The predicted molar refractivity (Wildman–Crippen MR) is 85.3 cm³/mol. The van der Waals surface area contributed by atoms with Crippen molar-refractivity contribution in [2.75, 3.05) is 37.8 Å². The van der Waals surface area contributed by atoms with Gasteiger partial charge in [-0.25, -0.2) is 0 Å². The molecule has 1 heterocycles. The van der Waals surface area contributed by atoms with E-state index < -0.39 is 0 Å². The molecule has 2 aromatic rings. The Bertz CT molecular complexity index is 529. The lowest BCUT2D eigenvalue weighted by molar-refractivity contribution is 0.405. The average Bonchev–Trinajstić information content (AvgIpc) is 2.51. The van der Waals surface area contributed by atoms with E-state index in [0.717, 1.165) is 25.3 Å². The zero-order chi connectivity index (χ0) is 14.9. The molecule has 0 aliphatic carbocycles. The summed E-state index contributed by atoms with van der Waals surface area (Å²) in [6.45, 7) is 2.60. The summed E-state index contributed by atoms with van der Waals surface area (Å²) in [5, 5.41) is 14.4. The van der Waals surface area contributed by atoms with Crippen molar-refractivity contribution >= 4 is 11.8 Å². The van der Waals surface area contributed by atoms with Crippen molar-refractivity contribution in [2.45, 2.75) is 13.0 Å². The molecule has 0 fully saturated rings. The van der Waals surface area contributed by atoms with Crippen LogP contribution in [0.2, 0.25) is 0 Å². The van der Waals surface area contributed by atoms with Crippen molar-refractivity contribution in [3.63, 3.8) is 0 Å². The zero-order valence-electron chi connectivity index (χ0n) is 12.6. The molecule has 112 valence electrons. The van der Waals surface area contributed by atoms with Crippen LogP contribution in [-0.2, 0) is 6.54 Å². The number of nitrogens with one attached hydrogen (secondary N) is 2. The number of hydrogen-bond acceptors (Lipinski definition) is 6. The summed E-state index contributed by atoms with van der Waals surface area (Å²) in [7, 11) is 4.13. The van der Waals surface area contributed by atoms with Crippen LogP contribution >= 0.6 is 0 Å². The third-order valence-corrected chi connectivity index (χ3v) is 2.94. The van der Waals surface area contributed by atoms with Crippen LogP contribution in [0.25, 0.3) is 0 Å². The van der Waals surface area contributed by atoms with E-state index >= 15 is 0 Å². The van der Waals surface area contributed by atoms with Crippen molar-refractivity contribution in [3.8, 4) is 0 Å². The fourth-order valence-corrected chi connectivity index (χ4v) is 1.85. The smallest absolute Gasteiger partial charge is 0.244 e. The van der Waals surface area contributed by atoms with Crippen molar-refractivity contribution in [3.05, 3.63) is 42.1 Å². The topological polar surface area (TPSA) is 66.0 Å². The van der Waals surface area contributed by atoms with E-state index in [1.807, 2.05) is 18.2 Å². The van der Waals surface area contributed by atoms with E-state index in [1.165, 1.54) is 5.56 Å². The SMILES string of the molecule is CN(C)CCCNc1cnnc(NCc2ccccc2)n1. The van der Waals surface area contributed by atoms with E-state index in [2.05, 4.69) is 56.9 Å². The molecule has 0 radical (unpaired) electrons. The molecule has 0 spiro atoms. The second kappa shape index (κ2) is 8.16. The van der Waals surface area contributed by atoms with Gasteiger partial charge in [-0.1, -0.05) is 30.3 Å². The normalized spacial score (nSPS) is 10.6. The van der Waals surface area contributed by atoms with Crippen LogP contribution in [0, 0.1) is 0 Å². The number of nitrogens with zero attached hydrogens (tertiary/aromatic N) is 4. The molecule has 6 nitrogen and oxygen atoms in total. The molecule has 0 aliphatic heterocycles. The number of rotatable bonds is 8. The molecule has 2 rings (SSSR count). The molecule has 21 heavy (non-hydrogen) atoms. The van der Waals surface area contributed by atoms with Crippen LogP contribution in [0.1, 0.15) is 12.0 Å². The van der Waals surface area contributed by atoms with Gasteiger partial charge in [0.2, 0.25) is 5.95 Å². The minimum Gasteiger partial charge on any atom is -0.369 e. The van der Waals surface area contributed by atoms with Gasteiger partial charge >= 0.3 is 0 Å². The highest BCUT2D eigenvalue weighted by atomic mass is 15.3. The first-order chi connectivity index (χ1) is 10.2. The van der Waals surface area contributed by atoms with E-state index in [1.54, 1.807) is 6.20 Å². The van der Waals surface area contributed by atoms with E-state index in [9.17, 15) is 0 Å². The monoisotopic (exact) mass is 286 g/mol. The van der Waals surface area contributed by atoms with Gasteiger partial charge in [0.05, 0.1) is 6.20 Å². The van der Waals surface area contributed by atoms with Crippen LogP contribution < -0.4 is 10.6 Å². The highest BCUT2D eigenvalue weighted by Gasteiger charge is 2.00.